The van der Waals surface area contributed by atoms with Crippen LogP contribution in [0.3, 0.4) is 0 Å². The van der Waals surface area contributed by atoms with Gasteiger partial charge in [-0.3, -0.25) is 4.90 Å². The molecule has 3 aromatic carbocycles. The number of hydrogen-bond acceptors (Lipinski definition) is 5. The monoisotopic (exact) mass is 576 g/mol. The van der Waals surface area contributed by atoms with Crippen LogP contribution in [0.15, 0.2) is 89.8 Å². The van der Waals surface area contributed by atoms with Crippen molar-refractivity contribution in [2.45, 2.75) is 26.1 Å². The second-order valence-corrected chi connectivity index (χ2v) is 10.5. The highest BCUT2D eigenvalue weighted by Gasteiger charge is 2.34. The molecule has 1 N–H and O–H groups in total. The number of aliphatic imine (C=N–C) groups is 1. The second kappa shape index (κ2) is 10.4. The van der Waals surface area contributed by atoms with E-state index >= 15 is 0 Å². The topological polar surface area (TPSA) is 84.6 Å². The zero-order valence-electron chi connectivity index (χ0n) is 21.9. The number of rotatable bonds is 4. The number of aromatic nitrogens is 3. The second-order valence-electron chi connectivity index (χ2n) is 9.53. The third-order valence-electron chi connectivity index (χ3n) is 6.69. The first-order valence-electron chi connectivity index (χ1n) is 12.7. The van der Waals surface area contributed by atoms with E-state index in [-0.39, 0.29) is 5.75 Å². The van der Waals surface area contributed by atoms with E-state index in [0.717, 1.165) is 17.1 Å². The summed E-state index contributed by atoms with van der Waals surface area (Å²) >= 11 is 1.53. The number of benzene rings is 3. The lowest BCUT2D eigenvalue weighted by molar-refractivity contribution is -0.274. The molecule has 0 saturated carbocycles. The number of anilines is 2. The van der Waals surface area contributed by atoms with Crippen molar-refractivity contribution in [1.82, 2.24) is 14.8 Å². The number of carbonyl (C=O) groups is 1. The molecule has 0 spiro atoms. The van der Waals surface area contributed by atoms with Gasteiger partial charge in [0.1, 0.15) is 12.1 Å². The third kappa shape index (κ3) is 5.55. The van der Waals surface area contributed by atoms with Crippen molar-refractivity contribution >= 4 is 34.3 Å². The number of urea groups is 1. The first kappa shape index (κ1) is 26.6. The lowest BCUT2D eigenvalue weighted by Crippen LogP contribution is -2.28. The summed E-state index contributed by atoms with van der Waals surface area (Å²) in [7, 11) is 0. The smallest absolute Gasteiger partial charge is 0.406 e. The Bertz CT molecular complexity index is 1680. The highest BCUT2D eigenvalue weighted by molar-refractivity contribution is 8.14. The van der Waals surface area contributed by atoms with Crippen molar-refractivity contribution in [3.63, 3.8) is 0 Å². The maximum absolute atomic E-state index is 12.8. The molecule has 41 heavy (non-hydrogen) atoms. The summed E-state index contributed by atoms with van der Waals surface area (Å²) in [5.41, 5.74) is 6.42. The molecule has 12 heteroatoms. The number of carbonyl (C=O) groups excluding carboxylic acids is 1. The van der Waals surface area contributed by atoms with E-state index in [1.54, 1.807) is 24.3 Å². The Balaban J connectivity index is 1.13. The summed E-state index contributed by atoms with van der Waals surface area (Å²) < 4.78 is 42.5. The molecule has 0 bridgehead atoms. The van der Waals surface area contributed by atoms with Crippen LogP contribution in [-0.2, 0) is 0 Å². The number of thioether (sulfide) groups is 1. The minimum absolute atomic E-state index is 0.295. The molecule has 6 rings (SSSR count). The molecule has 8 nitrogen and oxygen atoms in total. The molecule has 1 fully saturated rings. The molecule has 1 aromatic heterocycles. The summed E-state index contributed by atoms with van der Waals surface area (Å²) in [6.45, 7) is 4.28. The summed E-state index contributed by atoms with van der Waals surface area (Å²) in [5, 5.41) is 7.85. The lowest BCUT2D eigenvalue weighted by atomic mass is 9.90. The summed E-state index contributed by atoms with van der Waals surface area (Å²) in [6.07, 6.45) is -1.06. The van der Waals surface area contributed by atoms with E-state index in [9.17, 15) is 18.0 Å². The molecule has 0 aliphatic carbocycles. The third-order valence-corrected chi connectivity index (χ3v) is 7.66. The first-order chi connectivity index (χ1) is 19.6. The van der Waals surface area contributed by atoms with Crippen molar-refractivity contribution in [2.75, 3.05) is 16.0 Å². The Morgan fingerprint density at radius 1 is 1.10 bits per heavy atom. The maximum Gasteiger partial charge on any atom is 0.573 e. The van der Waals surface area contributed by atoms with Gasteiger partial charge < -0.3 is 10.1 Å². The minimum atomic E-state index is -4.76. The van der Waals surface area contributed by atoms with Crippen molar-refractivity contribution in [2.24, 2.45) is 4.99 Å². The van der Waals surface area contributed by atoms with Crippen molar-refractivity contribution in [3.8, 4) is 22.8 Å². The van der Waals surface area contributed by atoms with Gasteiger partial charge in [0.15, 0.2) is 11.0 Å². The highest BCUT2D eigenvalue weighted by Crippen LogP contribution is 2.44. The normalized spacial score (nSPS) is 17.2. The Morgan fingerprint density at radius 2 is 1.85 bits per heavy atom. The molecule has 0 radical (unpaired) electrons. The number of amides is 2. The van der Waals surface area contributed by atoms with Gasteiger partial charge in [-0.25, -0.2) is 14.5 Å². The fraction of sp³-hybridized carbons (Fsp3) is 0.172. The van der Waals surface area contributed by atoms with Gasteiger partial charge in [-0.05, 0) is 72.6 Å². The molecule has 208 valence electrons. The van der Waals surface area contributed by atoms with E-state index < -0.39 is 12.4 Å². The molecule has 1 atom stereocenters. The SMILES string of the molecule is Cc1cccc2c1C(C)C=C1CSC(=NC(=O)Nc3ccc(-c4ncn(-c5ccc(OC(F)(F)F)cc5)n4)cc3)N12. The number of nitrogens with one attached hydrogen (secondary N) is 1. The number of amidine groups is 1. The fourth-order valence-corrected chi connectivity index (χ4v) is 5.93. The zero-order chi connectivity index (χ0) is 28.7. The molecule has 2 aliphatic heterocycles. The van der Waals surface area contributed by atoms with Gasteiger partial charge in [0, 0.05) is 28.6 Å². The quantitative estimate of drug-likeness (QED) is 0.275. The maximum atomic E-state index is 12.8. The van der Waals surface area contributed by atoms with Crippen LogP contribution in [0.2, 0.25) is 0 Å². The van der Waals surface area contributed by atoms with Crippen LogP contribution in [0.25, 0.3) is 17.1 Å². The van der Waals surface area contributed by atoms with Crippen LogP contribution >= 0.6 is 11.8 Å². The summed E-state index contributed by atoms with van der Waals surface area (Å²) in [4.78, 5) is 23.6. The predicted molar refractivity (Wildman–Crippen MR) is 153 cm³/mol. The number of halogens is 3. The average molecular weight is 577 g/mol. The molecular weight excluding hydrogens is 553 g/mol. The molecule has 1 saturated heterocycles. The fourth-order valence-electron chi connectivity index (χ4n) is 4.94. The van der Waals surface area contributed by atoms with Gasteiger partial charge in [-0.15, -0.1) is 18.3 Å². The molecule has 2 aliphatic rings. The zero-order valence-corrected chi connectivity index (χ0v) is 22.7. The van der Waals surface area contributed by atoms with E-state index in [4.69, 9.17) is 0 Å². The van der Waals surface area contributed by atoms with Crippen LogP contribution in [0.4, 0.5) is 29.3 Å². The predicted octanol–water partition coefficient (Wildman–Crippen LogP) is 7.28. The molecule has 1 unspecified atom stereocenters. The minimum Gasteiger partial charge on any atom is -0.406 e. The number of ether oxygens (including phenoxy) is 1. The molecule has 4 aromatic rings. The Labute approximate surface area is 237 Å². The molecule has 3 heterocycles. The van der Waals surface area contributed by atoms with Gasteiger partial charge in [0.2, 0.25) is 0 Å². The van der Waals surface area contributed by atoms with Gasteiger partial charge in [0.25, 0.3) is 0 Å². The lowest BCUT2D eigenvalue weighted by Gasteiger charge is -2.30. The van der Waals surface area contributed by atoms with Gasteiger partial charge in [-0.2, -0.15) is 4.99 Å². The summed E-state index contributed by atoms with van der Waals surface area (Å²) in [5.74, 6) is 1.14. The van der Waals surface area contributed by atoms with Crippen molar-refractivity contribution in [1.29, 1.82) is 0 Å². The highest BCUT2D eigenvalue weighted by atomic mass is 32.2. The van der Waals surface area contributed by atoms with E-state index in [1.165, 1.54) is 58.2 Å². The number of fused-ring (bicyclic) bond motifs is 3. The molecular formula is C29H23F3N6O2S. The Morgan fingerprint density at radius 3 is 2.59 bits per heavy atom. The van der Waals surface area contributed by atoms with E-state index in [1.807, 2.05) is 6.07 Å². The number of hydrogen-bond donors (Lipinski definition) is 1. The number of alkyl halides is 3. The largest absolute Gasteiger partial charge is 0.573 e. The number of nitrogens with zero attached hydrogens (tertiary/aromatic N) is 5. The van der Waals surface area contributed by atoms with Gasteiger partial charge >= 0.3 is 12.4 Å². The van der Waals surface area contributed by atoms with Crippen LogP contribution in [0.1, 0.15) is 24.0 Å². The first-order valence-corrected chi connectivity index (χ1v) is 13.6. The van der Waals surface area contributed by atoms with E-state index in [0.29, 0.717) is 33.8 Å². The number of allylic oxidation sites excluding steroid dienone is 1. The van der Waals surface area contributed by atoms with Gasteiger partial charge in [-0.1, -0.05) is 36.9 Å². The summed E-state index contributed by atoms with van der Waals surface area (Å²) in [6, 6.07) is 18.0. The van der Waals surface area contributed by atoms with Crippen LogP contribution in [0, 0.1) is 6.92 Å². The Kier molecular flexibility index (Phi) is 6.78. The van der Waals surface area contributed by atoms with Crippen molar-refractivity contribution < 1.29 is 22.7 Å². The van der Waals surface area contributed by atoms with Crippen LogP contribution < -0.4 is 15.0 Å². The van der Waals surface area contributed by atoms with Crippen LogP contribution in [0.5, 0.6) is 5.75 Å². The van der Waals surface area contributed by atoms with Crippen molar-refractivity contribution in [3.05, 3.63) is 96.0 Å². The molecule has 2 amide bonds. The van der Waals surface area contributed by atoms with E-state index in [2.05, 4.69) is 62.1 Å². The average Bonchev–Trinajstić information content (AvgIpc) is 3.57. The Hall–Kier alpha value is -4.58. The van der Waals surface area contributed by atoms with Crippen LogP contribution in [-0.4, -0.2) is 38.1 Å². The number of aryl methyl sites for hydroxylation is 1. The standard InChI is InChI=1S/C29H23F3N6O2S/c1-17-4-3-5-24-25(17)18(2)14-22-15-41-28(38(22)24)35-27(39)34-20-8-6-19(7-9-20)26-33-16-37(36-26)21-10-12-23(13-11-21)40-29(30,31)32/h3-14,16,18H,15H2,1-2H3,(H,34,39). The van der Waals surface area contributed by atoms with Gasteiger partial charge in [0.05, 0.1) is 11.4 Å².